The van der Waals surface area contributed by atoms with Gasteiger partial charge < -0.3 is 9.47 Å². The molecule has 5 nitrogen and oxygen atoms in total. The zero-order valence-electron chi connectivity index (χ0n) is 16.2. The predicted octanol–water partition coefficient (Wildman–Crippen LogP) is 4.03. The lowest BCUT2D eigenvalue weighted by Crippen LogP contribution is -2.29. The van der Waals surface area contributed by atoms with Crippen molar-refractivity contribution in [3.05, 3.63) is 59.7 Å². The van der Waals surface area contributed by atoms with Crippen molar-refractivity contribution >= 4 is 16.9 Å². The molecule has 1 atom stereocenters. The van der Waals surface area contributed by atoms with E-state index in [0.717, 1.165) is 54.0 Å². The second-order valence-corrected chi connectivity index (χ2v) is 7.89. The van der Waals surface area contributed by atoms with Gasteiger partial charge in [-0.3, -0.25) is 9.78 Å². The van der Waals surface area contributed by atoms with E-state index in [-0.39, 0.29) is 11.8 Å². The Kier molecular flexibility index (Phi) is 4.68. The summed E-state index contributed by atoms with van der Waals surface area (Å²) in [7, 11) is 0. The van der Waals surface area contributed by atoms with Gasteiger partial charge >= 0.3 is 0 Å². The molecule has 0 radical (unpaired) electrons. The zero-order chi connectivity index (χ0) is 19.0. The molecule has 1 aromatic carbocycles. The average Bonchev–Trinajstić information content (AvgIpc) is 3.27. The summed E-state index contributed by atoms with van der Waals surface area (Å²) in [5.41, 5.74) is 3.91. The quantitative estimate of drug-likeness (QED) is 0.704. The number of hydrogen-bond donors (Lipinski definition) is 0. The van der Waals surface area contributed by atoms with Crippen molar-refractivity contribution < 1.29 is 4.79 Å². The maximum Gasteiger partial charge on any atom is 0.254 e. The summed E-state index contributed by atoms with van der Waals surface area (Å²) in [6.45, 7) is 8.85. The number of carbonyl (C=O) groups is 1. The molecule has 1 amide bonds. The molecular formula is C22H26N4O. The van der Waals surface area contributed by atoms with Gasteiger partial charge in [0.1, 0.15) is 5.82 Å². The molecule has 0 saturated carbocycles. The number of benzene rings is 1. The first-order valence-electron chi connectivity index (χ1n) is 9.69. The van der Waals surface area contributed by atoms with E-state index in [4.69, 9.17) is 4.98 Å². The van der Waals surface area contributed by atoms with E-state index >= 15 is 0 Å². The number of rotatable bonds is 4. The Bertz CT molecular complexity index is 975. The van der Waals surface area contributed by atoms with E-state index in [0.29, 0.717) is 5.92 Å². The normalized spacial score (nSPS) is 17.2. The van der Waals surface area contributed by atoms with Crippen LogP contribution < -0.4 is 0 Å². The van der Waals surface area contributed by atoms with Gasteiger partial charge in [0, 0.05) is 37.3 Å². The fourth-order valence-electron chi connectivity index (χ4n) is 4.00. The summed E-state index contributed by atoms with van der Waals surface area (Å²) >= 11 is 0. The standard InChI is InChI=1S/C22H26N4O/c1-15(2)13-26-20-12-23-10-8-19(20)24-21(26)17-9-11-25(14-17)22(27)18-7-5-4-6-16(18)3/h4-8,10,12,15,17H,9,11,13-14H2,1-3H3. The summed E-state index contributed by atoms with van der Waals surface area (Å²) in [6.07, 6.45) is 4.65. The van der Waals surface area contributed by atoms with Crippen molar-refractivity contribution in [3.8, 4) is 0 Å². The van der Waals surface area contributed by atoms with E-state index in [1.54, 1.807) is 6.20 Å². The van der Waals surface area contributed by atoms with Crippen LogP contribution >= 0.6 is 0 Å². The van der Waals surface area contributed by atoms with Gasteiger partial charge in [0.05, 0.1) is 17.2 Å². The van der Waals surface area contributed by atoms with Crippen LogP contribution in [0.25, 0.3) is 11.0 Å². The topological polar surface area (TPSA) is 51.0 Å². The Morgan fingerprint density at radius 2 is 2.07 bits per heavy atom. The number of carbonyl (C=O) groups excluding carboxylic acids is 1. The minimum Gasteiger partial charge on any atom is -0.338 e. The lowest BCUT2D eigenvalue weighted by atomic mass is 10.1. The third-order valence-electron chi connectivity index (χ3n) is 5.34. The van der Waals surface area contributed by atoms with Crippen LogP contribution in [0.5, 0.6) is 0 Å². The van der Waals surface area contributed by atoms with Gasteiger partial charge in [0.15, 0.2) is 0 Å². The van der Waals surface area contributed by atoms with Gasteiger partial charge in [-0.2, -0.15) is 0 Å². The highest BCUT2D eigenvalue weighted by atomic mass is 16.2. The van der Waals surface area contributed by atoms with E-state index < -0.39 is 0 Å². The molecule has 1 unspecified atom stereocenters. The van der Waals surface area contributed by atoms with Crippen LogP contribution in [0.3, 0.4) is 0 Å². The molecule has 5 heteroatoms. The molecule has 1 aliphatic heterocycles. The molecular weight excluding hydrogens is 336 g/mol. The van der Waals surface area contributed by atoms with E-state index in [1.807, 2.05) is 48.4 Å². The molecule has 1 saturated heterocycles. The highest BCUT2D eigenvalue weighted by molar-refractivity contribution is 5.95. The Morgan fingerprint density at radius 1 is 1.26 bits per heavy atom. The van der Waals surface area contributed by atoms with Crippen LogP contribution in [0.15, 0.2) is 42.7 Å². The first-order valence-corrected chi connectivity index (χ1v) is 9.69. The van der Waals surface area contributed by atoms with Crippen LogP contribution in [0, 0.1) is 12.8 Å². The first kappa shape index (κ1) is 17.7. The third kappa shape index (κ3) is 3.34. The van der Waals surface area contributed by atoms with Crippen LogP contribution in [0.1, 0.15) is 47.9 Å². The number of aryl methyl sites for hydroxylation is 1. The number of nitrogens with zero attached hydrogens (tertiary/aromatic N) is 4. The van der Waals surface area contributed by atoms with Crippen molar-refractivity contribution in [2.45, 2.75) is 39.7 Å². The summed E-state index contributed by atoms with van der Waals surface area (Å²) in [6, 6.07) is 9.80. The zero-order valence-corrected chi connectivity index (χ0v) is 16.2. The smallest absolute Gasteiger partial charge is 0.254 e. The number of fused-ring (bicyclic) bond motifs is 1. The SMILES string of the molecule is Cc1ccccc1C(=O)N1CCC(c2nc3ccncc3n2CC(C)C)C1. The maximum atomic E-state index is 13.0. The Labute approximate surface area is 160 Å². The van der Waals surface area contributed by atoms with E-state index in [9.17, 15) is 4.79 Å². The lowest BCUT2D eigenvalue weighted by molar-refractivity contribution is 0.0789. The molecule has 2 aromatic heterocycles. The highest BCUT2D eigenvalue weighted by Crippen LogP contribution is 2.31. The van der Waals surface area contributed by atoms with Crippen molar-refractivity contribution in [3.63, 3.8) is 0 Å². The fourth-order valence-corrected chi connectivity index (χ4v) is 4.00. The Hall–Kier alpha value is -2.69. The first-order chi connectivity index (χ1) is 13.0. The average molecular weight is 362 g/mol. The van der Waals surface area contributed by atoms with Gasteiger partial charge in [-0.15, -0.1) is 0 Å². The summed E-state index contributed by atoms with van der Waals surface area (Å²) in [4.78, 5) is 24.1. The molecule has 0 N–H and O–H groups in total. The fraction of sp³-hybridized carbons (Fsp3) is 0.409. The summed E-state index contributed by atoms with van der Waals surface area (Å²) < 4.78 is 2.30. The highest BCUT2D eigenvalue weighted by Gasteiger charge is 2.32. The minimum atomic E-state index is 0.129. The van der Waals surface area contributed by atoms with Gasteiger partial charge in [0.2, 0.25) is 0 Å². The molecule has 1 aliphatic rings. The van der Waals surface area contributed by atoms with Crippen molar-refractivity contribution in [1.29, 1.82) is 0 Å². The summed E-state index contributed by atoms with van der Waals surface area (Å²) in [5.74, 6) is 2.01. The molecule has 1 fully saturated rings. The van der Waals surface area contributed by atoms with Gasteiger partial charge in [0.25, 0.3) is 5.91 Å². The number of likely N-dealkylation sites (tertiary alicyclic amines) is 1. The second kappa shape index (κ2) is 7.14. The molecule has 4 rings (SSSR count). The largest absolute Gasteiger partial charge is 0.338 e. The Balaban J connectivity index is 1.62. The molecule has 0 bridgehead atoms. The van der Waals surface area contributed by atoms with Crippen LogP contribution in [0.2, 0.25) is 0 Å². The van der Waals surface area contributed by atoms with E-state index in [2.05, 4.69) is 23.4 Å². The maximum absolute atomic E-state index is 13.0. The number of hydrogen-bond acceptors (Lipinski definition) is 3. The van der Waals surface area contributed by atoms with Gasteiger partial charge in [-0.05, 0) is 37.0 Å². The van der Waals surface area contributed by atoms with Gasteiger partial charge in [-0.1, -0.05) is 32.0 Å². The monoisotopic (exact) mass is 362 g/mol. The molecule has 3 heterocycles. The Morgan fingerprint density at radius 3 is 2.85 bits per heavy atom. The van der Waals surface area contributed by atoms with Gasteiger partial charge in [-0.25, -0.2) is 4.98 Å². The number of pyridine rings is 1. The van der Waals surface area contributed by atoms with Crippen molar-refractivity contribution in [2.24, 2.45) is 5.92 Å². The number of amides is 1. The molecule has 140 valence electrons. The molecule has 3 aromatic rings. The number of imidazole rings is 1. The van der Waals surface area contributed by atoms with Crippen LogP contribution in [-0.2, 0) is 6.54 Å². The summed E-state index contributed by atoms with van der Waals surface area (Å²) in [5, 5.41) is 0. The second-order valence-electron chi connectivity index (χ2n) is 7.89. The predicted molar refractivity (Wildman–Crippen MR) is 107 cm³/mol. The van der Waals surface area contributed by atoms with Crippen LogP contribution in [-0.4, -0.2) is 38.4 Å². The lowest BCUT2D eigenvalue weighted by Gasteiger charge is -2.19. The van der Waals surface area contributed by atoms with Crippen molar-refractivity contribution in [2.75, 3.05) is 13.1 Å². The van der Waals surface area contributed by atoms with Crippen LogP contribution in [0.4, 0.5) is 0 Å². The minimum absolute atomic E-state index is 0.129. The van der Waals surface area contributed by atoms with Crippen molar-refractivity contribution in [1.82, 2.24) is 19.4 Å². The molecule has 0 spiro atoms. The third-order valence-corrected chi connectivity index (χ3v) is 5.34. The molecule has 27 heavy (non-hydrogen) atoms. The van der Waals surface area contributed by atoms with E-state index in [1.165, 1.54) is 0 Å². The molecule has 0 aliphatic carbocycles. The number of aromatic nitrogens is 3.